The number of H-pyrrole nitrogens is 1. The summed E-state index contributed by atoms with van der Waals surface area (Å²) in [5.41, 5.74) is 7.63. The smallest absolute Gasteiger partial charge is 0.408 e. The van der Waals surface area contributed by atoms with Gasteiger partial charge < -0.3 is 15.5 Å². The van der Waals surface area contributed by atoms with Crippen molar-refractivity contribution >= 4 is 32.3 Å². The Morgan fingerprint density at radius 3 is 2.79 bits per heavy atom. The third-order valence-corrected chi connectivity index (χ3v) is 3.65. The number of benzene rings is 1. The topological polar surface area (TPSA) is 118 Å². The number of rotatable bonds is 4. The maximum atomic E-state index is 11.2. The molecule has 104 valence electrons. The number of oxazole rings is 1. The van der Waals surface area contributed by atoms with Crippen molar-refractivity contribution in [1.82, 2.24) is 4.98 Å². The molecule has 1 aromatic carbocycles. The minimum atomic E-state index is -3.07. The van der Waals surface area contributed by atoms with Crippen LogP contribution in [0.2, 0.25) is 0 Å². The normalized spacial score (nSPS) is 13.6. The molecular formula is C11H15N3O4S. The molecule has 0 aliphatic carbocycles. The molecule has 7 nitrogen and oxygen atoms in total. The lowest BCUT2D eigenvalue weighted by molar-refractivity contribution is 0.555. The summed E-state index contributed by atoms with van der Waals surface area (Å²) in [5, 5.41) is 3.00. The Bertz CT molecular complexity index is 760. The molecule has 0 saturated carbocycles. The second-order valence-electron chi connectivity index (χ2n) is 4.59. The van der Waals surface area contributed by atoms with Crippen molar-refractivity contribution in [3.63, 3.8) is 0 Å². The third kappa shape index (κ3) is 3.28. The fourth-order valence-electron chi connectivity index (χ4n) is 1.90. The van der Waals surface area contributed by atoms with Crippen molar-refractivity contribution in [3.8, 4) is 0 Å². The Balaban J connectivity index is 2.29. The van der Waals surface area contributed by atoms with E-state index in [9.17, 15) is 13.2 Å². The highest BCUT2D eigenvalue weighted by atomic mass is 32.2. The predicted molar refractivity (Wildman–Crippen MR) is 74.0 cm³/mol. The van der Waals surface area contributed by atoms with Gasteiger partial charge in [-0.05, 0) is 13.0 Å². The lowest BCUT2D eigenvalue weighted by Crippen LogP contribution is -2.25. The summed E-state index contributed by atoms with van der Waals surface area (Å²) in [4.78, 5) is 13.6. The number of fused-ring (bicyclic) bond motifs is 1. The van der Waals surface area contributed by atoms with E-state index >= 15 is 0 Å². The largest absolute Gasteiger partial charge is 0.417 e. The first-order valence-corrected chi connectivity index (χ1v) is 7.67. The van der Waals surface area contributed by atoms with Gasteiger partial charge in [0.05, 0.1) is 22.6 Å². The summed E-state index contributed by atoms with van der Waals surface area (Å²) in [6.07, 6.45) is 1.17. The number of hydrogen-bond donors (Lipinski definition) is 3. The number of nitrogens with one attached hydrogen (secondary N) is 2. The number of aromatic amines is 1. The van der Waals surface area contributed by atoms with Crippen LogP contribution in [-0.4, -0.2) is 31.5 Å². The van der Waals surface area contributed by atoms with Crippen LogP contribution in [0.3, 0.4) is 0 Å². The minimum Gasteiger partial charge on any atom is -0.408 e. The Morgan fingerprint density at radius 2 is 2.16 bits per heavy atom. The maximum absolute atomic E-state index is 11.2. The van der Waals surface area contributed by atoms with Gasteiger partial charge in [0.25, 0.3) is 0 Å². The highest BCUT2D eigenvalue weighted by Crippen LogP contribution is 2.25. The third-order valence-electron chi connectivity index (χ3n) is 2.55. The van der Waals surface area contributed by atoms with Gasteiger partial charge in [0.2, 0.25) is 0 Å². The molecular weight excluding hydrogens is 270 g/mol. The van der Waals surface area contributed by atoms with Crippen LogP contribution in [0.4, 0.5) is 11.4 Å². The number of hydrogen-bond acceptors (Lipinski definition) is 6. The zero-order valence-electron chi connectivity index (χ0n) is 10.6. The molecule has 1 aromatic heterocycles. The summed E-state index contributed by atoms with van der Waals surface area (Å²) in [7, 11) is -3.07. The first-order chi connectivity index (χ1) is 8.74. The molecule has 19 heavy (non-hydrogen) atoms. The van der Waals surface area contributed by atoms with Crippen LogP contribution in [0, 0.1) is 0 Å². The molecule has 4 N–H and O–H groups in total. The first-order valence-electron chi connectivity index (χ1n) is 5.61. The molecule has 0 aliphatic heterocycles. The van der Waals surface area contributed by atoms with Gasteiger partial charge in [0.15, 0.2) is 5.58 Å². The highest BCUT2D eigenvalue weighted by Gasteiger charge is 2.13. The van der Waals surface area contributed by atoms with Gasteiger partial charge in [-0.2, -0.15) is 0 Å². The SMILES string of the molecule is CC(CS(C)(=O)=O)Nc1cc2[nH]c(=O)oc2cc1N. The molecule has 0 bridgehead atoms. The molecule has 2 rings (SSSR count). The first kappa shape index (κ1) is 13.5. The van der Waals surface area contributed by atoms with Crippen LogP contribution in [0.5, 0.6) is 0 Å². The molecule has 0 fully saturated rings. The van der Waals surface area contributed by atoms with E-state index < -0.39 is 15.6 Å². The quantitative estimate of drug-likeness (QED) is 0.706. The van der Waals surface area contributed by atoms with Crippen molar-refractivity contribution in [3.05, 3.63) is 22.7 Å². The van der Waals surface area contributed by atoms with E-state index in [0.29, 0.717) is 22.5 Å². The zero-order valence-corrected chi connectivity index (χ0v) is 11.4. The van der Waals surface area contributed by atoms with Crippen molar-refractivity contribution in [2.75, 3.05) is 23.1 Å². The number of sulfone groups is 1. The van der Waals surface area contributed by atoms with E-state index in [0.717, 1.165) is 0 Å². The molecule has 0 aliphatic rings. The standard InChI is InChI=1S/C11H15N3O4S/c1-6(5-19(2,16)17)13-8-4-9-10(3-7(8)12)18-11(15)14-9/h3-4,6,13H,5,12H2,1-2H3,(H,14,15). The highest BCUT2D eigenvalue weighted by molar-refractivity contribution is 7.90. The van der Waals surface area contributed by atoms with Crippen molar-refractivity contribution in [2.45, 2.75) is 13.0 Å². The van der Waals surface area contributed by atoms with Crippen molar-refractivity contribution in [1.29, 1.82) is 0 Å². The average molecular weight is 285 g/mol. The van der Waals surface area contributed by atoms with Gasteiger partial charge >= 0.3 is 5.76 Å². The van der Waals surface area contributed by atoms with E-state index in [1.165, 1.54) is 12.3 Å². The molecule has 2 aromatic rings. The van der Waals surface area contributed by atoms with Gasteiger partial charge in [-0.3, -0.25) is 4.98 Å². The second-order valence-corrected chi connectivity index (χ2v) is 6.77. The lowest BCUT2D eigenvalue weighted by Gasteiger charge is -2.15. The van der Waals surface area contributed by atoms with Crippen molar-refractivity contribution < 1.29 is 12.8 Å². The summed E-state index contributed by atoms with van der Waals surface area (Å²) in [6, 6.07) is 2.84. The molecule has 1 heterocycles. The fraction of sp³-hybridized carbons (Fsp3) is 0.364. The van der Waals surface area contributed by atoms with Gasteiger partial charge in [-0.25, -0.2) is 13.2 Å². The van der Waals surface area contributed by atoms with E-state index in [-0.39, 0.29) is 11.8 Å². The number of aromatic nitrogens is 1. The van der Waals surface area contributed by atoms with Gasteiger partial charge in [-0.1, -0.05) is 0 Å². The summed E-state index contributed by atoms with van der Waals surface area (Å²) < 4.78 is 27.3. The van der Waals surface area contributed by atoms with Crippen LogP contribution in [-0.2, 0) is 9.84 Å². The number of nitrogen functional groups attached to an aromatic ring is 1. The molecule has 1 unspecified atom stereocenters. The molecule has 0 radical (unpaired) electrons. The van der Waals surface area contributed by atoms with Crippen LogP contribution in [0.15, 0.2) is 21.3 Å². The number of nitrogens with two attached hydrogens (primary N) is 1. The van der Waals surface area contributed by atoms with E-state index in [1.807, 2.05) is 0 Å². The lowest BCUT2D eigenvalue weighted by atomic mass is 10.2. The second kappa shape index (κ2) is 4.61. The molecule has 0 spiro atoms. The summed E-state index contributed by atoms with van der Waals surface area (Å²) in [6.45, 7) is 1.74. The average Bonchev–Trinajstić information content (AvgIpc) is 2.55. The van der Waals surface area contributed by atoms with E-state index in [4.69, 9.17) is 10.2 Å². The molecule has 0 amide bonds. The van der Waals surface area contributed by atoms with Crippen LogP contribution in [0.25, 0.3) is 11.1 Å². The number of anilines is 2. The molecule has 1 atom stereocenters. The molecule has 0 saturated heterocycles. The van der Waals surface area contributed by atoms with E-state index in [1.54, 1.807) is 13.0 Å². The van der Waals surface area contributed by atoms with Crippen LogP contribution < -0.4 is 16.8 Å². The van der Waals surface area contributed by atoms with Crippen LogP contribution >= 0.6 is 0 Å². The fourth-order valence-corrected chi connectivity index (χ4v) is 2.89. The van der Waals surface area contributed by atoms with E-state index in [2.05, 4.69) is 10.3 Å². The minimum absolute atomic E-state index is 0.00756. The van der Waals surface area contributed by atoms with Gasteiger partial charge in [-0.15, -0.1) is 0 Å². The Hall–Kier alpha value is -1.96. The maximum Gasteiger partial charge on any atom is 0.417 e. The van der Waals surface area contributed by atoms with Crippen molar-refractivity contribution in [2.24, 2.45) is 0 Å². The Morgan fingerprint density at radius 1 is 1.47 bits per heavy atom. The van der Waals surface area contributed by atoms with Crippen LogP contribution in [0.1, 0.15) is 6.92 Å². The van der Waals surface area contributed by atoms with Gasteiger partial charge in [0, 0.05) is 18.4 Å². The summed E-state index contributed by atoms with van der Waals surface area (Å²) in [5.74, 6) is -0.567. The van der Waals surface area contributed by atoms with Gasteiger partial charge in [0.1, 0.15) is 9.84 Å². The predicted octanol–water partition coefficient (Wildman–Crippen LogP) is 0.548. The molecule has 8 heteroatoms. The zero-order chi connectivity index (χ0) is 14.2. The Kier molecular flexibility index (Phi) is 3.27. The monoisotopic (exact) mass is 285 g/mol. The Labute approximate surface area is 109 Å². The summed E-state index contributed by atoms with van der Waals surface area (Å²) >= 11 is 0.